The van der Waals surface area contributed by atoms with Gasteiger partial charge in [-0.2, -0.15) is 8.42 Å². The molecule has 5 heteroatoms. The van der Waals surface area contributed by atoms with Crippen LogP contribution in [-0.2, 0) is 10.1 Å². The van der Waals surface area contributed by atoms with Crippen LogP contribution in [0.1, 0.15) is 97.3 Å². The largest absolute Gasteiger partial charge is 0.299 e. The Hall–Kier alpha value is -0.130. The summed E-state index contributed by atoms with van der Waals surface area (Å²) < 4.78 is 30.4. The van der Waals surface area contributed by atoms with Crippen molar-refractivity contribution in [2.75, 3.05) is 6.54 Å². The Morgan fingerprint density at radius 3 is 1.50 bits per heavy atom. The Morgan fingerprint density at radius 1 is 0.773 bits per heavy atom. The molecule has 0 spiro atoms. The van der Waals surface area contributed by atoms with E-state index in [0.717, 1.165) is 12.8 Å². The van der Waals surface area contributed by atoms with Crippen molar-refractivity contribution in [2.45, 2.75) is 103 Å². The molecule has 0 saturated heterocycles. The fourth-order valence-electron chi connectivity index (χ4n) is 2.55. The summed E-state index contributed by atoms with van der Waals surface area (Å²) in [5, 5.41) is 1.97. The summed E-state index contributed by atoms with van der Waals surface area (Å²) in [6.07, 6.45) is 17.0. The summed E-state index contributed by atoms with van der Waals surface area (Å²) in [4.78, 5) is 0. The highest BCUT2D eigenvalue weighted by Crippen LogP contribution is 2.12. The van der Waals surface area contributed by atoms with Crippen molar-refractivity contribution in [3.05, 3.63) is 0 Å². The van der Waals surface area contributed by atoms with Crippen LogP contribution in [0, 0.1) is 0 Å². The van der Waals surface area contributed by atoms with Crippen LogP contribution < -0.4 is 5.32 Å². The maximum absolute atomic E-state index is 10.8. The van der Waals surface area contributed by atoms with Crippen LogP contribution in [0.4, 0.5) is 0 Å². The van der Waals surface area contributed by atoms with Crippen LogP contribution in [0.3, 0.4) is 0 Å². The number of hydrogen-bond acceptors (Lipinski definition) is 3. The van der Waals surface area contributed by atoms with Crippen LogP contribution in [0.25, 0.3) is 0 Å². The topological polar surface area (TPSA) is 66.4 Å². The SMILES string of the molecule is CCCCCCCCCCCCCCCNC(C)S(=O)(=O)O. The Bertz CT molecular complexity index is 331. The van der Waals surface area contributed by atoms with Crippen molar-refractivity contribution in [1.29, 1.82) is 0 Å². The van der Waals surface area contributed by atoms with Crippen LogP contribution in [0.2, 0.25) is 0 Å². The Morgan fingerprint density at radius 2 is 1.14 bits per heavy atom. The molecule has 4 nitrogen and oxygen atoms in total. The molecule has 0 rings (SSSR count). The van der Waals surface area contributed by atoms with Gasteiger partial charge in [0.25, 0.3) is 10.1 Å². The summed E-state index contributed by atoms with van der Waals surface area (Å²) in [5.41, 5.74) is 0. The summed E-state index contributed by atoms with van der Waals surface area (Å²) in [5.74, 6) is 0. The molecule has 0 aromatic heterocycles. The van der Waals surface area contributed by atoms with Gasteiger partial charge in [-0.3, -0.25) is 9.87 Å². The van der Waals surface area contributed by atoms with E-state index in [1.54, 1.807) is 0 Å². The minimum absolute atomic E-state index is 0.652. The smallest absolute Gasteiger partial charge is 0.280 e. The van der Waals surface area contributed by atoms with Crippen molar-refractivity contribution in [3.8, 4) is 0 Å². The Balaban J connectivity index is 3.15. The van der Waals surface area contributed by atoms with Gasteiger partial charge in [-0.15, -0.1) is 0 Å². The molecule has 0 aromatic carbocycles. The first-order valence-electron chi connectivity index (χ1n) is 9.18. The van der Waals surface area contributed by atoms with Gasteiger partial charge >= 0.3 is 0 Å². The molecular formula is C17H37NO3S. The number of nitrogens with one attached hydrogen (secondary N) is 1. The van der Waals surface area contributed by atoms with Gasteiger partial charge in [0.05, 0.1) is 0 Å². The van der Waals surface area contributed by atoms with E-state index in [1.807, 2.05) is 0 Å². The van der Waals surface area contributed by atoms with Gasteiger partial charge in [-0.1, -0.05) is 84.0 Å². The first-order chi connectivity index (χ1) is 10.5. The lowest BCUT2D eigenvalue weighted by Crippen LogP contribution is -2.34. The minimum atomic E-state index is -3.93. The molecular weight excluding hydrogens is 298 g/mol. The van der Waals surface area contributed by atoms with Crippen molar-refractivity contribution < 1.29 is 13.0 Å². The van der Waals surface area contributed by atoms with Gasteiger partial charge in [-0.05, 0) is 19.9 Å². The van der Waals surface area contributed by atoms with Gasteiger partial charge in [0.2, 0.25) is 0 Å². The molecule has 22 heavy (non-hydrogen) atoms. The molecule has 2 N–H and O–H groups in total. The number of hydrogen-bond donors (Lipinski definition) is 2. The van der Waals surface area contributed by atoms with E-state index >= 15 is 0 Å². The maximum Gasteiger partial charge on any atom is 0.280 e. The third-order valence-corrected chi connectivity index (χ3v) is 5.22. The van der Waals surface area contributed by atoms with E-state index in [1.165, 1.54) is 77.6 Å². The van der Waals surface area contributed by atoms with E-state index in [2.05, 4.69) is 12.2 Å². The molecule has 0 bridgehead atoms. The molecule has 0 aromatic rings. The molecule has 134 valence electrons. The van der Waals surface area contributed by atoms with Gasteiger partial charge in [0.1, 0.15) is 5.37 Å². The van der Waals surface area contributed by atoms with Crippen LogP contribution in [0.5, 0.6) is 0 Å². The normalized spacial score (nSPS) is 13.4. The average Bonchev–Trinajstić information content (AvgIpc) is 2.46. The lowest BCUT2D eigenvalue weighted by Gasteiger charge is -2.10. The molecule has 0 saturated carbocycles. The Kier molecular flexibility index (Phi) is 14.4. The molecule has 0 aliphatic rings. The van der Waals surface area contributed by atoms with Gasteiger partial charge in [0, 0.05) is 0 Å². The standard InChI is InChI=1S/C17H37NO3S/c1-3-4-5-6-7-8-9-10-11-12-13-14-15-16-18-17(2)22(19,20)21/h17-18H,3-16H2,1-2H3,(H,19,20,21). The first kappa shape index (κ1) is 21.9. The monoisotopic (exact) mass is 335 g/mol. The molecule has 0 fully saturated rings. The predicted molar refractivity (Wildman–Crippen MR) is 94.7 cm³/mol. The van der Waals surface area contributed by atoms with Crippen LogP contribution in [-0.4, -0.2) is 24.9 Å². The summed E-state index contributed by atoms with van der Waals surface area (Å²) >= 11 is 0. The predicted octanol–water partition coefficient (Wildman–Crippen LogP) is 4.90. The summed E-state index contributed by atoms with van der Waals surface area (Å²) in [6, 6.07) is 0. The van der Waals surface area contributed by atoms with E-state index in [4.69, 9.17) is 4.55 Å². The molecule has 0 aliphatic heterocycles. The average molecular weight is 336 g/mol. The number of unbranched alkanes of at least 4 members (excludes halogenated alkanes) is 12. The zero-order chi connectivity index (χ0) is 16.7. The molecule has 1 unspecified atom stereocenters. The minimum Gasteiger partial charge on any atom is -0.299 e. The fourth-order valence-corrected chi connectivity index (χ4v) is 2.88. The lowest BCUT2D eigenvalue weighted by molar-refractivity contribution is 0.452. The van der Waals surface area contributed by atoms with Crippen molar-refractivity contribution in [2.24, 2.45) is 0 Å². The fraction of sp³-hybridized carbons (Fsp3) is 1.00. The van der Waals surface area contributed by atoms with Crippen LogP contribution >= 0.6 is 0 Å². The summed E-state index contributed by atoms with van der Waals surface area (Å²) in [7, 11) is -3.93. The van der Waals surface area contributed by atoms with Crippen molar-refractivity contribution >= 4 is 10.1 Å². The van der Waals surface area contributed by atoms with E-state index in [0.29, 0.717) is 6.54 Å². The third kappa shape index (κ3) is 14.8. The second kappa shape index (κ2) is 14.5. The van der Waals surface area contributed by atoms with Crippen LogP contribution in [0.15, 0.2) is 0 Å². The molecule has 0 heterocycles. The summed E-state index contributed by atoms with van der Waals surface area (Å²) in [6.45, 7) is 4.38. The van der Waals surface area contributed by atoms with Crippen molar-refractivity contribution in [1.82, 2.24) is 5.32 Å². The van der Waals surface area contributed by atoms with E-state index in [9.17, 15) is 8.42 Å². The molecule has 0 amide bonds. The second-order valence-corrected chi connectivity index (χ2v) is 8.09. The highest BCUT2D eigenvalue weighted by Gasteiger charge is 2.15. The quantitative estimate of drug-likeness (QED) is 0.311. The number of rotatable bonds is 16. The zero-order valence-electron chi connectivity index (χ0n) is 14.6. The lowest BCUT2D eigenvalue weighted by atomic mass is 10.0. The van der Waals surface area contributed by atoms with Gasteiger partial charge in [-0.25, -0.2) is 0 Å². The second-order valence-electron chi connectivity index (χ2n) is 6.35. The van der Waals surface area contributed by atoms with E-state index in [-0.39, 0.29) is 0 Å². The maximum atomic E-state index is 10.8. The first-order valence-corrected chi connectivity index (χ1v) is 10.7. The third-order valence-electron chi connectivity index (χ3n) is 4.16. The highest BCUT2D eigenvalue weighted by molar-refractivity contribution is 7.86. The molecule has 0 radical (unpaired) electrons. The Labute approximate surface area is 138 Å². The van der Waals surface area contributed by atoms with Gasteiger partial charge in [0.15, 0.2) is 0 Å². The highest BCUT2D eigenvalue weighted by atomic mass is 32.2. The molecule has 0 aliphatic carbocycles. The zero-order valence-corrected chi connectivity index (χ0v) is 15.5. The van der Waals surface area contributed by atoms with E-state index < -0.39 is 15.5 Å². The molecule has 1 atom stereocenters. The van der Waals surface area contributed by atoms with Crippen molar-refractivity contribution in [3.63, 3.8) is 0 Å². The van der Waals surface area contributed by atoms with Gasteiger partial charge < -0.3 is 0 Å².